The number of rotatable bonds is 7. The third-order valence-electron chi connectivity index (χ3n) is 5.56. The lowest BCUT2D eigenvalue weighted by molar-refractivity contribution is -0.125. The molecule has 4 rings (SSSR count). The average molecular weight is 418 g/mol. The highest BCUT2D eigenvalue weighted by molar-refractivity contribution is 5.79. The Hall–Kier alpha value is -3.48. The standard InChI is InChI=1S/C24H27N5O2/c1-2-18-5-7-21(8-6-18)31-23-14-22(27-17-28-23)29-12-9-20(10-13-29)24(30)26-16-19-4-3-11-25-15-19/h3-8,11,14-15,17,20H,2,9-10,12-13,16H2,1H3,(H,26,30). The van der Waals surface area contributed by atoms with Crippen molar-refractivity contribution in [1.29, 1.82) is 0 Å². The highest BCUT2D eigenvalue weighted by atomic mass is 16.5. The first-order chi connectivity index (χ1) is 15.2. The van der Waals surface area contributed by atoms with E-state index in [0.29, 0.717) is 12.4 Å². The predicted octanol–water partition coefficient (Wildman–Crippen LogP) is 3.76. The first kappa shape index (κ1) is 20.8. The fourth-order valence-electron chi connectivity index (χ4n) is 3.68. The maximum atomic E-state index is 12.5. The quantitative estimate of drug-likeness (QED) is 0.631. The fourth-order valence-corrected chi connectivity index (χ4v) is 3.68. The Morgan fingerprint density at radius 2 is 1.94 bits per heavy atom. The minimum absolute atomic E-state index is 0.0163. The third kappa shape index (κ3) is 5.57. The van der Waals surface area contributed by atoms with Crippen molar-refractivity contribution in [2.45, 2.75) is 32.7 Å². The first-order valence-electron chi connectivity index (χ1n) is 10.7. The second kappa shape index (κ2) is 10.0. The Kier molecular flexibility index (Phi) is 6.72. The number of hydrogen-bond acceptors (Lipinski definition) is 6. The number of piperidine rings is 1. The summed E-state index contributed by atoms with van der Waals surface area (Å²) in [6, 6.07) is 13.7. The van der Waals surface area contributed by atoms with Gasteiger partial charge in [0, 0.05) is 44.0 Å². The van der Waals surface area contributed by atoms with Crippen LogP contribution in [0.25, 0.3) is 0 Å². The Bertz CT molecular complexity index is 986. The molecule has 1 fully saturated rings. The molecule has 0 saturated carbocycles. The van der Waals surface area contributed by atoms with Crippen molar-refractivity contribution in [2.24, 2.45) is 5.92 Å². The van der Waals surface area contributed by atoms with Crippen LogP contribution in [0.3, 0.4) is 0 Å². The number of nitrogens with zero attached hydrogens (tertiary/aromatic N) is 4. The van der Waals surface area contributed by atoms with Gasteiger partial charge in [-0.3, -0.25) is 9.78 Å². The van der Waals surface area contributed by atoms with Crippen molar-refractivity contribution >= 4 is 11.7 Å². The van der Waals surface area contributed by atoms with E-state index in [1.165, 1.54) is 11.9 Å². The number of hydrogen-bond donors (Lipinski definition) is 1. The predicted molar refractivity (Wildman–Crippen MR) is 119 cm³/mol. The molecule has 7 nitrogen and oxygen atoms in total. The number of aromatic nitrogens is 3. The van der Waals surface area contributed by atoms with Crippen molar-refractivity contribution in [1.82, 2.24) is 20.3 Å². The van der Waals surface area contributed by atoms with E-state index in [4.69, 9.17) is 4.74 Å². The number of pyridine rings is 1. The molecule has 1 amide bonds. The molecule has 1 aliphatic heterocycles. The molecule has 1 N–H and O–H groups in total. The molecule has 0 atom stereocenters. The van der Waals surface area contributed by atoms with Gasteiger partial charge in [0.1, 0.15) is 17.9 Å². The Balaban J connectivity index is 1.30. The van der Waals surface area contributed by atoms with Gasteiger partial charge in [-0.2, -0.15) is 0 Å². The van der Waals surface area contributed by atoms with Crippen LogP contribution in [0.4, 0.5) is 5.82 Å². The summed E-state index contributed by atoms with van der Waals surface area (Å²) in [4.78, 5) is 27.4. The van der Waals surface area contributed by atoms with Crippen LogP contribution in [-0.2, 0) is 17.8 Å². The highest BCUT2D eigenvalue weighted by Gasteiger charge is 2.25. The van der Waals surface area contributed by atoms with Gasteiger partial charge in [-0.1, -0.05) is 25.1 Å². The van der Waals surface area contributed by atoms with E-state index >= 15 is 0 Å². The number of aryl methyl sites for hydroxylation is 1. The fraction of sp³-hybridized carbons (Fsp3) is 0.333. The molecular weight excluding hydrogens is 390 g/mol. The summed E-state index contributed by atoms with van der Waals surface area (Å²) in [6.07, 6.45) is 7.60. The topological polar surface area (TPSA) is 80.2 Å². The lowest BCUT2D eigenvalue weighted by atomic mass is 9.96. The van der Waals surface area contributed by atoms with Crippen molar-refractivity contribution < 1.29 is 9.53 Å². The van der Waals surface area contributed by atoms with Crippen LogP contribution in [0.1, 0.15) is 30.9 Å². The van der Waals surface area contributed by atoms with Crippen molar-refractivity contribution in [2.75, 3.05) is 18.0 Å². The van der Waals surface area contributed by atoms with Crippen molar-refractivity contribution in [3.8, 4) is 11.6 Å². The monoisotopic (exact) mass is 417 g/mol. The average Bonchev–Trinajstić information content (AvgIpc) is 2.84. The van der Waals surface area contributed by atoms with Crippen molar-refractivity contribution in [3.63, 3.8) is 0 Å². The van der Waals surface area contributed by atoms with Gasteiger partial charge in [-0.15, -0.1) is 0 Å². The largest absolute Gasteiger partial charge is 0.439 e. The van der Waals surface area contributed by atoms with E-state index < -0.39 is 0 Å². The summed E-state index contributed by atoms with van der Waals surface area (Å²) >= 11 is 0. The number of benzene rings is 1. The molecule has 0 bridgehead atoms. The molecule has 31 heavy (non-hydrogen) atoms. The van der Waals surface area contributed by atoms with Gasteiger partial charge in [-0.05, 0) is 48.6 Å². The Morgan fingerprint density at radius 3 is 2.65 bits per heavy atom. The van der Waals surface area contributed by atoms with Gasteiger partial charge >= 0.3 is 0 Å². The van der Waals surface area contributed by atoms with E-state index in [0.717, 1.165) is 49.5 Å². The summed E-state index contributed by atoms with van der Waals surface area (Å²) in [6.45, 7) is 4.18. The molecule has 2 aromatic heterocycles. The van der Waals surface area contributed by atoms with E-state index in [9.17, 15) is 4.79 Å². The molecule has 1 saturated heterocycles. The van der Waals surface area contributed by atoms with Gasteiger partial charge in [0.05, 0.1) is 0 Å². The van der Waals surface area contributed by atoms with Crippen molar-refractivity contribution in [3.05, 3.63) is 72.3 Å². The van der Waals surface area contributed by atoms with E-state index in [1.807, 2.05) is 30.3 Å². The van der Waals surface area contributed by atoms with E-state index in [1.54, 1.807) is 12.4 Å². The zero-order chi connectivity index (χ0) is 21.5. The molecule has 3 aromatic rings. The molecule has 0 radical (unpaired) electrons. The smallest absolute Gasteiger partial charge is 0.224 e. The van der Waals surface area contributed by atoms with Gasteiger partial charge in [0.15, 0.2) is 0 Å². The van der Waals surface area contributed by atoms with Gasteiger partial charge in [0.2, 0.25) is 11.8 Å². The van der Waals surface area contributed by atoms with Crippen LogP contribution in [0.15, 0.2) is 61.2 Å². The molecule has 0 spiro atoms. The minimum Gasteiger partial charge on any atom is -0.439 e. The molecule has 7 heteroatoms. The number of carbonyl (C=O) groups excluding carboxylic acids is 1. The van der Waals surface area contributed by atoms with Crippen LogP contribution in [-0.4, -0.2) is 33.9 Å². The maximum absolute atomic E-state index is 12.5. The van der Waals surface area contributed by atoms with E-state index in [2.05, 4.69) is 44.2 Å². The summed E-state index contributed by atoms with van der Waals surface area (Å²) in [5.74, 6) is 2.22. The van der Waals surface area contributed by atoms with Crippen LogP contribution in [0, 0.1) is 5.92 Å². The molecular formula is C24H27N5O2. The molecule has 0 unspecified atom stereocenters. The highest BCUT2D eigenvalue weighted by Crippen LogP contribution is 2.26. The summed E-state index contributed by atoms with van der Waals surface area (Å²) in [5.41, 5.74) is 2.27. The molecule has 1 aliphatic rings. The number of ether oxygens (including phenoxy) is 1. The Labute approximate surface area is 182 Å². The second-order valence-corrected chi connectivity index (χ2v) is 7.65. The zero-order valence-electron chi connectivity index (χ0n) is 17.7. The molecule has 160 valence electrons. The number of carbonyl (C=O) groups is 1. The normalized spacial score (nSPS) is 14.3. The number of nitrogens with one attached hydrogen (secondary N) is 1. The first-order valence-corrected chi connectivity index (χ1v) is 10.7. The molecule has 0 aliphatic carbocycles. The second-order valence-electron chi connectivity index (χ2n) is 7.65. The van der Waals surface area contributed by atoms with Gasteiger partial charge < -0.3 is 15.0 Å². The Morgan fingerprint density at radius 1 is 1.13 bits per heavy atom. The SMILES string of the molecule is CCc1ccc(Oc2cc(N3CCC(C(=O)NCc4cccnc4)CC3)ncn2)cc1. The summed E-state index contributed by atoms with van der Waals surface area (Å²) in [7, 11) is 0. The summed E-state index contributed by atoms with van der Waals surface area (Å²) < 4.78 is 5.90. The van der Waals surface area contributed by atoms with E-state index in [-0.39, 0.29) is 11.8 Å². The lowest BCUT2D eigenvalue weighted by Gasteiger charge is -2.32. The zero-order valence-corrected chi connectivity index (χ0v) is 17.7. The van der Waals surface area contributed by atoms with Crippen LogP contribution in [0.5, 0.6) is 11.6 Å². The molecule has 3 heterocycles. The van der Waals surface area contributed by atoms with Gasteiger partial charge in [0.25, 0.3) is 0 Å². The van der Waals surface area contributed by atoms with Crippen LogP contribution in [0.2, 0.25) is 0 Å². The number of anilines is 1. The van der Waals surface area contributed by atoms with Gasteiger partial charge in [-0.25, -0.2) is 9.97 Å². The minimum atomic E-state index is 0.0163. The van der Waals surface area contributed by atoms with Crippen LogP contribution < -0.4 is 15.0 Å². The number of amides is 1. The molecule has 1 aromatic carbocycles. The maximum Gasteiger partial charge on any atom is 0.224 e. The third-order valence-corrected chi connectivity index (χ3v) is 5.56. The summed E-state index contributed by atoms with van der Waals surface area (Å²) in [5, 5.41) is 3.02. The van der Waals surface area contributed by atoms with Crippen LogP contribution >= 0.6 is 0 Å². The lowest BCUT2D eigenvalue weighted by Crippen LogP contribution is -2.40.